The molecule has 1 rings (SSSR count). The van der Waals surface area contributed by atoms with Gasteiger partial charge < -0.3 is 10.5 Å². The fourth-order valence-corrected chi connectivity index (χ4v) is 1.37. The van der Waals surface area contributed by atoms with Gasteiger partial charge in [-0.15, -0.1) is 4.91 Å². The Morgan fingerprint density at radius 3 is 2.59 bits per heavy atom. The van der Waals surface area contributed by atoms with Crippen molar-refractivity contribution in [3.05, 3.63) is 40.3 Å². The summed E-state index contributed by atoms with van der Waals surface area (Å²) in [5.41, 5.74) is 5.95. The van der Waals surface area contributed by atoms with E-state index in [1.807, 2.05) is 0 Å². The van der Waals surface area contributed by atoms with Crippen LogP contribution in [-0.4, -0.2) is 11.9 Å². The number of rotatable bonds is 5. The largest absolute Gasteiger partial charge is 0.461 e. The summed E-state index contributed by atoms with van der Waals surface area (Å²) in [5.74, 6) is -1.29. The van der Waals surface area contributed by atoms with E-state index in [2.05, 4.69) is 5.18 Å². The Labute approximate surface area is 97.7 Å². The van der Waals surface area contributed by atoms with Crippen LogP contribution in [-0.2, 0) is 20.9 Å². The number of benzene rings is 1. The predicted octanol–water partition coefficient (Wildman–Crippen LogP) is 1.04. The monoisotopic (exact) mass is 236 g/mol. The number of carbonyl (C=O) groups is 2. The van der Waals surface area contributed by atoms with Gasteiger partial charge in [-0.25, -0.2) is 0 Å². The first-order valence-electron chi connectivity index (χ1n) is 4.89. The molecule has 0 radical (unpaired) electrons. The van der Waals surface area contributed by atoms with Crippen LogP contribution in [0.1, 0.15) is 24.1 Å². The zero-order valence-electron chi connectivity index (χ0n) is 9.25. The van der Waals surface area contributed by atoms with Gasteiger partial charge in [-0.2, -0.15) is 0 Å². The highest BCUT2D eigenvalue weighted by Gasteiger charge is 2.21. The van der Waals surface area contributed by atoms with Gasteiger partial charge in [0.25, 0.3) is 5.91 Å². The van der Waals surface area contributed by atoms with Gasteiger partial charge in [0, 0.05) is 6.92 Å². The van der Waals surface area contributed by atoms with Crippen molar-refractivity contribution >= 4 is 11.9 Å². The lowest BCUT2D eigenvalue weighted by Gasteiger charge is -2.11. The first-order valence-corrected chi connectivity index (χ1v) is 4.89. The Morgan fingerprint density at radius 1 is 1.41 bits per heavy atom. The van der Waals surface area contributed by atoms with E-state index in [1.165, 1.54) is 6.92 Å². The van der Waals surface area contributed by atoms with Crippen LogP contribution < -0.4 is 5.73 Å². The van der Waals surface area contributed by atoms with E-state index in [0.29, 0.717) is 11.1 Å². The highest BCUT2D eigenvalue weighted by molar-refractivity contribution is 5.82. The zero-order chi connectivity index (χ0) is 12.8. The SMILES string of the molecule is CC(=O)OCc1ccccc1C(N=O)C(N)=O. The molecule has 0 saturated carbocycles. The standard InChI is InChI=1S/C11H12N2O4/c1-7(14)17-6-8-4-2-3-5-9(8)10(13-16)11(12)15/h2-5,10H,6H2,1H3,(H2,12,15). The highest BCUT2D eigenvalue weighted by Crippen LogP contribution is 2.21. The van der Waals surface area contributed by atoms with Gasteiger partial charge in [-0.1, -0.05) is 29.4 Å². The van der Waals surface area contributed by atoms with Crippen molar-refractivity contribution in [3.8, 4) is 0 Å². The van der Waals surface area contributed by atoms with E-state index < -0.39 is 17.9 Å². The Morgan fingerprint density at radius 2 is 2.06 bits per heavy atom. The maximum Gasteiger partial charge on any atom is 0.302 e. The van der Waals surface area contributed by atoms with Gasteiger partial charge >= 0.3 is 5.97 Å². The zero-order valence-corrected chi connectivity index (χ0v) is 9.25. The molecule has 0 spiro atoms. The van der Waals surface area contributed by atoms with Crippen molar-refractivity contribution in [2.45, 2.75) is 19.6 Å². The Hall–Kier alpha value is -2.24. The van der Waals surface area contributed by atoms with E-state index in [4.69, 9.17) is 10.5 Å². The molecule has 1 aromatic carbocycles. The first kappa shape index (κ1) is 12.8. The number of hydrogen-bond acceptors (Lipinski definition) is 5. The average molecular weight is 236 g/mol. The van der Waals surface area contributed by atoms with E-state index in [-0.39, 0.29) is 6.61 Å². The lowest BCUT2D eigenvalue weighted by Crippen LogP contribution is -2.20. The van der Waals surface area contributed by atoms with Crippen LogP contribution in [0.4, 0.5) is 0 Å². The summed E-state index contributed by atoms with van der Waals surface area (Å²) < 4.78 is 4.81. The molecule has 0 aromatic heterocycles. The molecule has 90 valence electrons. The smallest absolute Gasteiger partial charge is 0.302 e. The summed E-state index contributed by atoms with van der Waals surface area (Å²) in [6.07, 6.45) is 0. The van der Waals surface area contributed by atoms with Gasteiger partial charge in [0.2, 0.25) is 0 Å². The average Bonchev–Trinajstić information content (AvgIpc) is 2.28. The van der Waals surface area contributed by atoms with Gasteiger partial charge in [0.1, 0.15) is 6.61 Å². The van der Waals surface area contributed by atoms with Crippen molar-refractivity contribution in [2.75, 3.05) is 0 Å². The van der Waals surface area contributed by atoms with Gasteiger partial charge in [0.05, 0.1) is 0 Å². The quantitative estimate of drug-likeness (QED) is 0.609. The van der Waals surface area contributed by atoms with Gasteiger partial charge in [-0.3, -0.25) is 9.59 Å². The third-order valence-electron chi connectivity index (χ3n) is 2.16. The van der Waals surface area contributed by atoms with Crippen molar-refractivity contribution in [3.63, 3.8) is 0 Å². The highest BCUT2D eigenvalue weighted by atomic mass is 16.5. The molecule has 0 heterocycles. The number of carbonyl (C=O) groups excluding carboxylic acids is 2. The fraction of sp³-hybridized carbons (Fsp3) is 0.273. The van der Waals surface area contributed by atoms with Gasteiger partial charge in [0.15, 0.2) is 6.04 Å². The minimum atomic E-state index is -1.26. The number of esters is 1. The molecule has 17 heavy (non-hydrogen) atoms. The second-order valence-corrected chi connectivity index (χ2v) is 3.39. The van der Waals surface area contributed by atoms with E-state index in [0.717, 1.165) is 0 Å². The summed E-state index contributed by atoms with van der Waals surface area (Å²) in [6.45, 7) is 1.25. The van der Waals surface area contributed by atoms with Crippen LogP contribution >= 0.6 is 0 Å². The number of nitrogens with two attached hydrogens (primary N) is 1. The van der Waals surface area contributed by atoms with Crippen molar-refractivity contribution < 1.29 is 14.3 Å². The molecular weight excluding hydrogens is 224 g/mol. The lowest BCUT2D eigenvalue weighted by atomic mass is 10.0. The number of nitroso groups, excluding NO2 is 1. The second-order valence-electron chi connectivity index (χ2n) is 3.39. The van der Waals surface area contributed by atoms with Crippen LogP contribution in [0.3, 0.4) is 0 Å². The van der Waals surface area contributed by atoms with Crippen LogP contribution in [0.5, 0.6) is 0 Å². The number of amides is 1. The summed E-state index contributed by atoms with van der Waals surface area (Å²) in [6, 6.07) is 5.27. The normalized spacial score (nSPS) is 11.6. The lowest BCUT2D eigenvalue weighted by molar-refractivity contribution is -0.142. The number of primary amides is 1. The molecule has 0 bridgehead atoms. The molecule has 0 aliphatic rings. The Balaban J connectivity index is 3.01. The molecule has 2 N–H and O–H groups in total. The number of ether oxygens (including phenoxy) is 1. The number of hydrogen-bond donors (Lipinski definition) is 1. The molecule has 1 atom stereocenters. The molecule has 1 amide bonds. The van der Waals surface area contributed by atoms with Crippen LogP contribution in [0.2, 0.25) is 0 Å². The van der Waals surface area contributed by atoms with Crippen LogP contribution in [0.25, 0.3) is 0 Å². The van der Waals surface area contributed by atoms with E-state index >= 15 is 0 Å². The maximum absolute atomic E-state index is 11.0. The predicted molar refractivity (Wildman–Crippen MR) is 59.6 cm³/mol. The first-order chi connectivity index (χ1) is 8.06. The molecule has 0 aliphatic heterocycles. The Bertz CT molecular complexity index is 445. The third-order valence-corrected chi connectivity index (χ3v) is 2.16. The molecule has 1 unspecified atom stereocenters. The summed E-state index contributed by atoms with van der Waals surface area (Å²) >= 11 is 0. The van der Waals surface area contributed by atoms with Crippen molar-refractivity contribution in [2.24, 2.45) is 10.9 Å². The van der Waals surface area contributed by atoms with Crippen LogP contribution in [0, 0.1) is 4.91 Å². The van der Waals surface area contributed by atoms with Crippen molar-refractivity contribution in [1.82, 2.24) is 0 Å². The van der Waals surface area contributed by atoms with Gasteiger partial charge in [-0.05, 0) is 11.1 Å². The summed E-state index contributed by atoms with van der Waals surface area (Å²) in [5, 5.41) is 2.68. The molecule has 1 aromatic rings. The summed E-state index contributed by atoms with van der Waals surface area (Å²) in [4.78, 5) is 32.3. The van der Waals surface area contributed by atoms with Crippen molar-refractivity contribution in [1.29, 1.82) is 0 Å². The molecule has 0 aliphatic carbocycles. The van der Waals surface area contributed by atoms with Crippen LogP contribution in [0.15, 0.2) is 29.4 Å². The molecule has 0 saturated heterocycles. The van der Waals surface area contributed by atoms with E-state index in [9.17, 15) is 14.5 Å². The third kappa shape index (κ3) is 3.37. The molecular formula is C11H12N2O4. The molecule has 6 heteroatoms. The topological polar surface area (TPSA) is 98.8 Å². The minimum absolute atomic E-state index is 0.0230. The fourth-order valence-electron chi connectivity index (χ4n) is 1.37. The van der Waals surface area contributed by atoms with E-state index in [1.54, 1.807) is 24.3 Å². The molecule has 6 nitrogen and oxygen atoms in total. The Kier molecular flexibility index (Phi) is 4.33. The maximum atomic E-state index is 11.0. The summed E-state index contributed by atoms with van der Waals surface area (Å²) in [7, 11) is 0. The number of nitrogens with zero attached hydrogens (tertiary/aromatic N) is 1. The minimum Gasteiger partial charge on any atom is -0.461 e. The second kappa shape index (κ2) is 5.74. The molecule has 0 fully saturated rings.